The fourth-order valence-electron chi connectivity index (χ4n) is 1.94. The number of rotatable bonds is 1. The zero-order valence-corrected chi connectivity index (χ0v) is 6.88. The van der Waals surface area contributed by atoms with Crippen LogP contribution in [0.25, 0.3) is 0 Å². The Hall–Kier alpha value is -0.340. The molecule has 11 heavy (non-hydrogen) atoms. The van der Waals surface area contributed by atoms with Gasteiger partial charge in [0.2, 0.25) is 0 Å². The monoisotopic (exact) mass is 154 g/mol. The molecule has 2 unspecified atom stereocenters. The van der Waals surface area contributed by atoms with Crippen LogP contribution in [0.2, 0.25) is 0 Å². The van der Waals surface area contributed by atoms with Crippen LogP contribution in [-0.4, -0.2) is 18.0 Å². The molecular weight excluding hydrogens is 140 g/mol. The standard InChI is InChI=1S/C9H14O2/c1-3-7-8-5-4-6-9(2,10-7)11-8/h3,7-8H,1,4-6H2,2H3/t7-,8?,9?/m1/s1. The first-order chi connectivity index (χ1) is 5.23. The van der Waals surface area contributed by atoms with E-state index in [2.05, 4.69) is 6.58 Å². The maximum Gasteiger partial charge on any atom is 0.166 e. The summed E-state index contributed by atoms with van der Waals surface area (Å²) in [4.78, 5) is 0. The van der Waals surface area contributed by atoms with Crippen LogP contribution in [-0.2, 0) is 9.47 Å². The smallest absolute Gasteiger partial charge is 0.166 e. The summed E-state index contributed by atoms with van der Waals surface area (Å²) in [6, 6.07) is 0. The highest BCUT2D eigenvalue weighted by molar-refractivity contribution is 4.96. The molecule has 2 rings (SSSR count). The van der Waals surface area contributed by atoms with Gasteiger partial charge in [-0.3, -0.25) is 0 Å². The van der Waals surface area contributed by atoms with Crippen LogP contribution in [0, 0.1) is 0 Å². The molecule has 62 valence electrons. The van der Waals surface area contributed by atoms with Gasteiger partial charge in [0, 0.05) is 6.42 Å². The summed E-state index contributed by atoms with van der Waals surface area (Å²) in [6.07, 6.45) is 5.60. The maximum absolute atomic E-state index is 5.69. The molecule has 0 aromatic heterocycles. The van der Waals surface area contributed by atoms with Crippen LogP contribution < -0.4 is 0 Å². The van der Waals surface area contributed by atoms with Crippen LogP contribution in [0.1, 0.15) is 26.2 Å². The number of hydrogen-bond acceptors (Lipinski definition) is 2. The van der Waals surface area contributed by atoms with E-state index in [9.17, 15) is 0 Å². The third kappa shape index (κ3) is 1.10. The van der Waals surface area contributed by atoms with Gasteiger partial charge in [-0.2, -0.15) is 0 Å². The lowest BCUT2D eigenvalue weighted by molar-refractivity contribution is -0.176. The summed E-state index contributed by atoms with van der Waals surface area (Å²) in [5.74, 6) is -0.304. The molecule has 2 fully saturated rings. The van der Waals surface area contributed by atoms with E-state index in [0.717, 1.165) is 12.8 Å². The van der Waals surface area contributed by atoms with Crippen molar-refractivity contribution in [1.29, 1.82) is 0 Å². The predicted molar refractivity (Wildman–Crippen MR) is 42.2 cm³/mol. The molecule has 2 heteroatoms. The number of hydrogen-bond donors (Lipinski definition) is 0. The first kappa shape index (κ1) is 7.32. The first-order valence-corrected chi connectivity index (χ1v) is 4.22. The minimum atomic E-state index is -0.304. The molecule has 2 aliphatic heterocycles. The number of ether oxygens (including phenoxy) is 2. The Morgan fingerprint density at radius 1 is 1.55 bits per heavy atom. The van der Waals surface area contributed by atoms with Crippen molar-refractivity contribution < 1.29 is 9.47 Å². The topological polar surface area (TPSA) is 18.5 Å². The lowest BCUT2D eigenvalue weighted by Gasteiger charge is -2.26. The largest absolute Gasteiger partial charge is 0.344 e. The highest BCUT2D eigenvalue weighted by atomic mass is 16.8. The Labute approximate surface area is 67.2 Å². The molecule has 0 saturated carbocycles. The zero-order chi connectivity index (χ0) is 7.90. The van der Waals surface area contributed by atoms with E-state index in [4.69, 9.17) is 9.47 Å². The molecule has 0 spiro atoms. The summed E-state index contributed by atoms with van der Waals surface area (Å²) in [6.45, 7) is 5.75. The molecule has 0 aromatic rings. The van der Waals surface area contributed by atoms with E-state index in [0.29, 0.717) is 0 Å². The van der Waals surface area contributed by atoms with Gasteiger partial charge in [0.05, 0.1) is 6.10 Å². The van der Waals surface area contributed by atoms with Gasteiger partial charge in [-0.15, -0.1) is 6.58 Å². The Morgan fingerprint density at radius 3 is 3.00 bits per heavy atom. The van der Waals surface area contributed by atoms with Gasteiger partial charge in [-0.1, -0.05) is 6.08 Å². The van der Waals surface area contributed by atoms with Crippen LogP contribution in [0.5, 0.6) is 0 Å². The van der Waals surface area contributed by atoms with E-state index >= 15 is 0 Å². The maximum atomic E-state index is 5.69. The second-order valence-electron chi connectivity index (χ2n) is 3.50. The first-order valence-electron chi connectivity index (χ1n) is 4.22. The minimum Gasteiger partial charge on any atom is -0.344 e. The van der Waals surface area contributed by atoms with Crippen molar-refractivity contribution in [3.8, 4) is 0 Å². The molecule has 2 saturated heterocycles. The normalized spacial score (nSPS) is 49.2. The third-order valence-corrected chi connectivity index (χ3v) is 2.50. The fraction of sp³-hybridized carbons (Fsp3) is 0.778. The summed E-state index contributed by atoms with van der Waals surface area (Å²) >= 11 is 0. The molecule has 2 heterocycles. The van der Waals surface area contributed by atoms with Gasteiger partial charge in [0.1, 0.15) is 6.10 Å². The highest BCUT2D eigenvalue weighted by Crippen LogP contribution is 2.39. The van der Waals surface area contributed by atoms with Crippen molar-refractivity contribution in [3.05, 3.63) is 12.7 Å². The van der Waals surface area contributed by atoms with Crippen molar-refractivity contribution in [2.75, 3.05) is 0 Å². The molecule has 2 bridgehead atoms. The van der Waals surface area contributed by atoms with Crippen molar-refractivity contribution in [2.45, 2.75) is 44.2 Å². The van der Waals surface area contributed by atoms with Crippen LogP contribution in [0.15, 0.2) is 12.7 Å². The van der Waals surface area contributed by atoms with Gasteiger partial charge < -0.3 is 9.47 Å². The van der Waals surface area contributed by atoms with Gasteiger partial charge in [-0.25, -0.2) is 0 Å². The van der Waals surface area contributed by atoms with E-state index < -0.39 is 0 Å². The van der Waals surface area contributed by atoms with Crippen molar-refractivity contribution in [1.82, 2.24) is 0 Å². The van der Waals surface area contributed by atoms with E-state index in [1.807, 2.05) is 13.0 Å². The Kier molecular flexibility index (Phi) is 1.55. The summed E-state index contributed by atoms with van der Waals surface area (Å²) in [7, 11) is 0. The molecule has 2 nitrogen and oxygen atoms in total. The second-order valence-corrected chi connectivity index (χ2v) is 3.50. The summed E-state index contributed by atoms with van der Waals surface area (Å²) in [5, 5.41) is 0. The van der Waals surface area contributed by atoms with Gasteiger partial charge in [-0.05, 0) is 19.8 Å². The van der Waals surface area contributed by atoms with Crippen molar-refractivity contribution in [3.63, 3.8) is 0 Å². The van der Waals surface area contributed by atoms with Gasteiger partial charge >= 0.3 is 0 Å². The van der Waals surface area contributed by atoms with Crippen molar-refractivity contribution >= 4 is 0 Å². The van der Waals surface area contributed by atoms with Gasteiger partial charge in [0.25, 0.3) is 0 Å². The lowest BCUT2D eigenvalue weighted by atomic mass is 10.0. The number of fused-ring (bicyclic) bond motifs is 2. The van der Waals surface area contributed by atoms with E-state index in [-0.39, 0.29) is 18.0 Å². The molecule has 0 radical (unpaired) electrons. The minimum absolute atomic E-state index is 0.127. The molecule has 0 aliphatic carbocycles. The zero-order valence-electron chi connectivity index (χ0n) is 6.88. The molecule has 0 amide bonds. The third-order valence-electron chi connectivity index (χ3n) is 2.50. The Balaban J connectivity index is 2.16. The average molecular weight is 154 g/mol. The van der Waals surface area contributed by atoms with Crippen LogP contribution in [0.4, 0.5) is 0 Å². The Bertz CT molecular complexity index is 178. The van der Waals surface area contributed by atoms with Gasteiger partial charge in [0.15, 0.2) is 5.79 Å². The van der Waals surface area contributed by atoms with E-state index in [1.165, 1.54) is 6.42 Å². The summed E-state index contributed by atoms with van der Waals surface area (Å²) < 4.78 is 11.4. The SMILES string of the molecule is C=C[C@H]1OC2(C)CCCC1O2. The predicted octanol–water partition coefficient (Wildman–Crippen LogP) is 1.86. The van der Waals surface area contributed by atoms with Crippen molar-refractivity contribution in [2.24, 2.45) is 0 Å². The summed E-state index contributed by atoms with van der Waals surface area (Å²) in [5.41, 5.74) is 0. The van der Waals surface area contributed by atoms with E-state index in [1.54, 1.807) is 0 Å². The fourth-order valence-corrected chi connectivity index (χ4v) is 1.94. The molecule has 2 aliphatic rings. The molecule has 0 aromatic carbocycles. The second kappa shape index (κ2) is 2.32. The lowest BCUT2D eigenvalue weighted by Crippen LogP contribution is -2.30. The molecule has 0 N–H and O–H groups in total. The average Bonchev–Trinajstić information content (AvgIpc) is 2.21. The quantitative estimate of drug-likeness (QED) is 0.537. The molecular formula is C9H14O2. The highest BCUT2D eigenvalue weighted by Gasteiger charge is 2.45. The van der Waals surface area contributed by atoms with Crippen LogP contribution >= 0.6 is 0 Å². The van der Waals surface area contributed by atoms with Crippen LogP contribution in [0.3, 0.4) is 0 Å². The molecule has 3 atom stereocenters. The Morgan fingerprint density at radius 2 is 2.36 bits per heavy atom.